The van der Waals surface area contributed by atoms with Crippen molar-refractivity contribution in [2.45, 2.75) is 6.61 Å². The van der Waals surface area contributed by atoms with Crippen LogP contribution in [0.5, 0.6) is 5.75 Å². The molecule has 0 aliphatic heterocycles. The zero-order valence-electron chi connectivity index (χ0n) is 11.5. The largest absolute Gasteiger partial charge is 0.487 e. The number of thiophene rings is 1. The molecule has 0 aliphatic rings. The van der Waals surface area contributed by atoms with Gasteiger partial charge < -0.3 is 4.74 Å². The van der Waals surface area contributed by atoms with Gasteiger partial charge in [-0.05, 0) is 34.0 Å². The molecule has 0 saturated carbocycles. The first-order valence-electron chi connectivity index (χ1n) is 6.67. The lowest BCUT2D eigenvalue weighted by Gasteiger charge is -2.13. The van der Waals surface area contributed by atoms with Gasteiger partial charge in [0.05, 0.1) is 5.56 Å². The van der Waals surface area contributed by atoms with Gasteiger partial charge in [0.15, 0.2) is 0 Å². The molecule has 3 aromatic rings. The highest BCUT2D eigenvalue weighted by molar-refractivity contribution is 7.08. The first-order valence-corrected chi connectivity index (χ1v) is 7.61. The molecule has 1 heterocycles. The fourth-order valence-electron chi connectivity index (χ4n) is 2.18. The van der Waals surface area contributed by atoms with E-state index in [1.165, 1.54) is 0 Å². The van der Waals surface area contributed by atoms with Crippen LogP contribution in [-0.4, -0.2) is 0 Å². The second kappa shape index (κ2) is 6.30. The molecule has 0 atom stereocenters. The van der Waals surface area contributed by atoms with Gasteiger partial charge in [-0.1, -0.05) is 48.4 Å². The van der Waals surface area contributed by atoms with E-state index in [0.717, 1.165) is 28.0 Å². The van der Waals surface area contributed by atoms with Gasteiger partial charge >= 0.3 is 0 Å². The molecular formula is C19H14OS. The summed E-state index contributed by atoms with van der Waals surface area (Å²) in [5, 5.41) is 4.16. The fraction of sp³-hybridized carbons (Fsp3) is 0.0526. The van der Waals surface area contributed by atoms with E-state index < -0.39 is 0 Å². The Hall–Kier alpha value is -2.50. The van der Waals surface area contributed by atoms with E-state index >= 15 is 0 Å². The molecule has 0 fully saturated rings. The van der Waals surface area contributed by atoms with E-state index in [1.54, 1.807) is 11.3 Å². The van der Waals surface area contributed by atoms with Crippen LogP contribution in [0.15, 0.2) is 65.4 Å². The minimum Gasteiger partial charge on any atom is -0.487 e. The van der Waals surface area contributed by atoms with Crippen molar-refractivity contribution in [3.63, 3.8) is 0 Å². The Kier molecular flexibility index (Phi) is 4.04. The van der Waals surface area contributed by atoms with E-state index in [0.29, 0.717) is 6.61 Å². The Labute approximate surface area is 128 Å². The number of hydrogen-bond donors (Lipinski definition) is 0. The molecule has 1 nitrogen and oxygen atoms in total. The van der Waals surface area contributed by atoms with E-state index in [1.807, 2.05) is 48.5 Å². The summed E-state index contributed by atoms with van der Waals surface area (Å²) in [5.41, 5.74) is 4.10. The average molecular weight is 290 g/mol. The molecule has 0 unspecified atom stereocenters. The third-order valence-electron chi connectivity index (χ3n) is 3.23. The normalized spacial score (nSPS) is 10.0. The molecule has 0 spiro atoms. The van der Waals surface area contributed by atoms with Gasteiger partial charge in [-0.15, -0.1) is 6.42 Å². The lowest BCUT2D eigenvalue weighted by Crippen LogP contribution is -1.99. The predicted molar refractivity (Wildman–Crippen MR) is 88.5 cm³/mol. The third-order valence-corrected chi connectivity index (χ3v) is 3.91. The van der Waals surface area contributed by atoms with Crippen LogP contribution in [0.25, 0.3) is 11.1 Å². The van der Waals surface area contributed by atoms with Gasteiger partial charge in [0.2, 0.25) is 0 Å². The second-order valence-corrected chi connectivity index (χ2v) is 5.39. The van der Waals surface area contributed by atoms with Gasteiger partial charge in [0, 0.05) is 5.56 Å². The van der Waals surface area contributed by atoms with Crippen molar-refractivity contribution in [3.8, 4) is 29.2 Å². The summed E-state index contributed by atoms with van der Waals surface area (Å²) in [6.07, 6.45) is 5.61. The maximum Gasteiger partial charge on any atom is 0.143 e. The molecule has 1 aromatic heterocycles. The van der Waals surface area contributed by atoms with E-state index in [-0.39, 0.29) is 0 Å². The first kappa shape index (κ1) is 13.5. The zero-order chi connectivity index (χ0) is 14.5. The van der Waals surface area contributed by atoms with Crippen LogP contribution in [-0.2, 0) is 6.61 Å². The highest BCUT2D eigenvalue weighted by Crippen LogP contribution is 2.34. The Morgan fingerprint density at radius 2 is 1.86 bits per heavy atom. The Bertz CT molecular complexity index is 752. The minimum absolute atomic E-state index is 0.511. The number of benzene rings is 2. The molecule has 0 radical (unpaired) electrons. The van der Waals surface area contributed by atoms with Crippen molar-refractivity contribution in [1.29, 1.82) is 0 Å². The number of rotatable bonds is 4. The van der Waals surface area contributed by atoms with Gasteiger partial charge in [-0.25, -0.2) is 0 Å². The van der Waals surface area contributed by atoms with E-state index in [4.69, 9.17) is 11.2 Å². The highest BCUT2D eigenvalue weighted by atomic mass is 32.1. The van der Waals surface area contributed by atoms with Crippen molar-refractivity contribution < 1.29 is 4.74 Å². The molecule has 0 amide bonds. The Morgan fingerprint density at radius 1 is 1.00 bits per heavy atom. The van der Waals surface area contributed by atoms with Crippen molar-refractivity contribution in [2.75, 3.05) is 0 Å². The molecular weight excluding hydrogens is 276 g/mol. The fourth-order valence-corrected chi connectivity index (χ4v) is 2.84. The molecule has 0 bridgehead atoms. The lowest BCUT2D eigenvalue weighted by atomic mass is 10.0. The topological polar surface area (TPSA) is 9.23 Å². The summed E-state index contributed by atoms with van der Waals surface area (Å²) in [7, 11) is 0. The summed E-state index contributed by atoms with van der Waals surface area (Å²) < 4.78 is 6.03. The average Bonchev–Trinajstić information content (AvgIpc) is 3.08. The first-order chi connectivity index (χ1) is 10.4. The summed E-state index contributed by atoms with van der Waals surface area (Å²) in [4.78, 5) is 0. The lowest BCUT2D eigenvalue weighted by molar-refractivity contribution is 0.307. The Morgan fingerprint density at radius 3 is 2.57 bits per heavy atom. The molecule has 2 heteroatoms. The van der Waals surface area contributed by atoms with Gasteiger partial charge in [-0.2, -0.15) is 11.3 Å². The summed E-state index contributed by atoms with van der Waals surface area (Å²) in [6.45, 7) is 0.511. The predicted octanol–water partition coefficient (Wildman–Crippen LogP) is 4.98. The third kappa shape index (κ3) is 2.99. The van der Waals surface area contributed by atoms with Crippen molar-refractivity contribution in [3.05, 3.63) is 76.5 Å². The quantitative estimate of drug-likeness (QED) is 0.616. The molecule has 0 saturated heterocycles. The van der Waals surface area contributed by atoms with Crippen molar-refractivity contribution in [2.24, 2.45) is 0 Å². The monoisotopic (exact) mass is 290 g/mol. The molecule has 2 aromatic carbocycles. The second-order valence-electron chi connectivity index (χ2n) is 4.61. The summed E-state index contributed by atoms with van der Waals surface area (Å²) >= 11 is 1.66. The Balaban J connectivity index is 1.95. The summed E-state index contributed by atoms with van der Waals surface area (Å²) in [5.74, 6) is 3.49. The number of hydrogen-bond acceptors (Lipinski definition) is 2. The van der Waals surface area contributed by atoms with Crippen LogP contribution in [0.2, 0.25) is 0 Å². The van der Waals surface area contributed by atoms with Gasteiger partial charge in [0.1, 0.15) is 12.4 Å². The smallest absolute Gasteiger partial charge is 0.143 e. The number of ether oxygens (including phenoxy) is 1. The van der Waals surface area contributed by atoms with Crippen LogP contribution in [0, 0.1) is 12.3 Å². The zero-order valence-corrected chi connectivity index (χ0v) is 12.3. The molecule has 0 aliphatic carbocycles. The van der Waals surface area contributed by atoms with Crippen LogP contribution >= 0.6 is 11.3 Å². The molecule has 102 valence electrons. The van der Waals surface area contributed by atoms with Crippen LogP contribution in [0.4, 0.5) is 0 Å². The van der Waals surface area contributed by atoms with Gasteiger partial charge in [-0.3, -0.25) is 0 Å². The number of para-hydroxylation sites is 1. The van der Waals surface area contributed by atoms with Crippen LogP contribution in [0.1, 0.15) is 11.1 Å². The van der Waals surface area contributed by atoms with E-state index in [9.17, 15) is 0 Å². The van der Waals surface area contributed by atoms with Crippen LogP contribution < -0.4 is 4.74 Å². The molecule has 21 heavy (non-hydrogen) atoms. The van der Waals surface area contributed by atoms with Crippen LogP contribution in [0.3, 0.4) is 0 Å². The SMILES string of the molecule is C#Cc1cccc(-c2ccsc2)c1OCc1ccccc1. The number of terminal acetylenes is 1. The maximum absolute atomic E-state index is 6.03. The highest BCUT2D eigenvalue weighted by Gasteiger charge is 2.11. The maximum atomic E-state index is 6.03. The van der Waals surface area contributed by atoms with Gasteiger partial charge in [0.25, 0.3) is 0 Å². The molecule has 0 N–H and O–H groups in total. The minimum atomic E-state index is 0.511. The van der Waals surface area contributed by atoms with Crippen molar-refractivity contribution >= 4 is 11.3 Å². The van der Waals surface area contributed by atoms with Crippen molar-refractivity contribution in [1.82, 2.24) is 0 Å². The standard InChI is InChI=1S/C19H14OS/c1-2-16-9-6-10-18(17-11-12-21-14-17)19(16)20-13-15-7-4-3-5-8-15/h1,3-12,14H,13H2. The summed E-state index contributed by atoms with van der Waals surface area (Å²) in [6, 6.07) is 18.1. The van der Waals surface area contributed by atoms with E-state index in [2.05, 4.69) is 22.7 Å². The molecule has 3 rings (SSSR count).